The summed E-state index contributed by atoms with van der Waals surface area (Å²) in [6, 6.07) is 0.644. The quantitative estimate of drug-likeness (QED) is 0.586. The average molecular weight is 390 g/mol. The zero-order valence-corrected chi connectivity index (χ0v) is 17.7. The Bertz CT molecular complexity index is 697. The molecule has 8 heteroatoms. The van der Waals surface area contributed by atoms with Gasteiger partial charge in [-0.1, -0.05) is 26.7 Å². The van der Waals surface area contributed by atoms with E-state index >= 15 is 0 Å². The third-order valence-corrected chi connectivity index (χ3v) is 5.86. The van der Waals surface area contributed by atoms with E-state index in [1.165, 1.54) is 19.3 Å². The molecule has 1 aliphatic heterocycles. The maximum Gasteiger partial charge on any atom is 0.243 e. The van der Waals surface area contributed by atoms with E-state index in [1.807, 2.05) is 4.68 Å². The Labute approximate surface area is 168 Å². The van der Waals surface area contributed by atoms with Gasteiger partial charge in [0.2, 0.25) is 5.91 Å². The van der Waals surface area contributed by atoms with E-state index in [0.29, 0.717) is 12.0 Å². The van der Waals surface area contributed by atoms with Crippen molar-refractivity contribution in [2.75, 3.05) is 20.6 Å². The zero-order chi connectivity index (χ0) is 20.1. The molecule has 3 atom stereocenters. The molecule has 1 saturated carbocycles. The predicted molar refractivity (Wildman–Crippen MR) is 110 cm³/mol. The van der Waals surface area contributed by atoms with Crippen LogP contribution in [0.15, 0.2) is 4.99 Å². The summed E-state index contributed by atoms with van der Waals surface area (Å²) in [6.45, 7) is 5.32. The fourth-order valence-electron chi connectivity index (χ4n) is 3.95. The minimum absolute atomic E-state index is 0.00702. The second kappa shape index (κ2) is 9.39. The van der Waals surface area contributed by atoms with Crippen LogP contribution in [-0.2, 0) is 24.2 Å². The lowest BCUT2D eigenvalue weighted by Crippen LogP contribution is -2.52. The minimum atomic E-state index is 0.00702. The highest BCUT2D eigenvalue weighted by molar-refractivity contribution is 5.85. The number of fused-ring (bicyclic) bond motifs is 1. The maximum absolute atomic E-state index is 12.0. The number of hydrogen-bond donors (Lipinski definition) is 2. The molecular formula is C20H35N7O. The van der Waals surface area contributed by atoms with Gasteiger partial charge in [0.1, 0.15) is 12.4 Å². The van der Waals surface area contributed by atoms with Crippen LogP contribution < -0.4 is 10.6 Å². The number of nitrogens with zero attached hydrogens (tertiary/aromatic N) is 5. The summed E-state index contributed by atoms with van der Waals surface area (Å²) in [4.78, 5) is 22.8. The topological polar surface area (TPSA) is 87.4 Å². The first-order valence-electron chi connectivity index (χ1n) is 10.7. The molecule has 3 unspecified atom stereocenters. The van der Waals surface area contributed by atoms with Crippen LogP contribution in [0.1, 0.15) is 57.6 Å². The van der Waals surface area contributed by atoms with Gasteiger partial charge >= 0.3 is 0 Å². The van der Waals surface area contributed by atoms with E-state index in [-0.39, 0.29) is 18.5 Å². The number of hydrogen-bond acceptors (Lipinski definition) is 4. The number of rotatable bonds is 5. The van der Waals surface area contributed by atoms with Gasteiger partial charge in [-0.05, 0) is 25.2 Å². The summed E-state index contributed by atoms with van der Waals surface area (Å²) in [6.07, 6.45) is 7.71. The zero-order valence-electron chi connectivity index (χ0n) is 17.7. The highest BCUT2D eigenvalue weighted by Crippen LogP contribution is 2.23. The van der Waals surface area contributed by atoms with Crippen molar-refractivity contribution >= 4 is 11.9 Å². The van der Waals surface area contributed by atoms with Crippen molar-refractivity contribution in [1.82, 2.24) is 30.3 Å². The van der Waals surface area contributed by atoms with Crippen molar-refractivity contribution in [2.24, 2.45) is 10.9 Å². The van der Waals surface area contributed by atoms with Gasteiger partial charge in [0.05, 0.1) is 6.54 Å². The van der Waals surface area contributed by atoms with E-state index < -0.39 is 0 Å². The van der Waals surface area contributed by atoms with E-state index in [0.717, 1.165) is 49.8 Å². The molecule has 0 radical (unpaired) electrons. The van der Waals surface area contributed by atoms with Crippen molar-refractivity contribution in [2.45, 2.75) is 77.4 Å². The summed E-state index contributed by atoms with van der Waals surface area (Å²) >= 11 is 0. The van der Waals surface area contributed by atoms with E-state index in [4.69, 9.17) is 0 Å². The van der Waals surface area contributed by atoms with Crippen LogP contribution in [0.4, 0.5) is 0 Å². The molecule has 8 nitrogen and oxygen atoms in total. The number of aromatic nitrogens is 3. The average Bonchev–Trinajstić information content (AvgIpc) is 3.10. The monoisotopic (exact) mass is 389 g/mol. The predicted octanol–water partition coefficient (Wildman–Crippen LogP) is 1.36. The van der Waals surface area contributed by atoms with Crippen LogP contribution in [0, 0.1) is 5.92 Å². The van der Waals surface area contributed by atoms with E-state index in [9.17, 15) is 4.79 Å². The summed E-state index contributed by atoms with van der Waals surface area (Å²) < 4.78 is 2.02. The van der Waals surface area contributed by atoms with Crippen LogP contribution >= 0.6 is 0 Å². The van der Waals surface area contributed by atoms with Crippen LogP contribution in [0.3, 0.4) is 0 Å². The number of carbonyl (C=O) groups is 1. The summed E-state index contributed by atoms with van der Waals surface area (Å²) in [5.74, 6) is 3.36. The van der Waals surface area contributed by atoms with Crippen molar-refractivity contribution < 1.29 is 4.79 Å². The number of nitrogens with one attached hydrogen (secondary N) is 2. The molecule has 1 fully saturated rings. The molecule has 0 saturated heterocycles. The number of aliphatic imine (C=N–C) groups is 1. The molecule has 1 amide bonds. The van der Waals surface area contributed by atoms with Crippen molar-refractivity contribution in [3.63, 3.8) is 0 Å². The van der Waals surface area contributed by atoms with Crippen molar-refractivity contribution in [3.05, 3.63) is 11.6 Å². The van der Waals surface area contributed by atoms with E-state index in [2.05, 4.69) is 39.6 Å². The van der Waals surface area contributed by atoms with E-state index in [1.54, 1.807) is 19.0 Å². The molecule has 156 valence electrons. The Balaban J connectivity index is 1.67. The summed E-state index contributed by atoms with van der Waals surface area (Å²) in [7, 11) is 3.53. The number of guanidine groups is 1. The van der Waals surface area contributed by atoms with Gasteiger partial charge in [0, 0.05) is 39.0 Å². The van der Waals surface area contributed by atoms with Crippen molar-refractivity contribution in [3.8, 4) is 0 Å². The number of amides is 1. The molecule has 0 spiro atoms. The van der Waals surface area contributed by atoms with Gasteiger partial charge < -0.3 is 15.5 Å². The second-order valence-corrected chi connectivity index (χ2v) is 8.33. The van der Waals surface area contributed by atoms with Crippen LogP contribution in [-0.4, -0.2) is 64.3 Å². The third kappa shape index (κ3) is 5.23. The molecule has 2 aliphatic rings. The molecular weight excluding hydrogens is 354 g/mol. The van der Waals surface area contributed by atoms with Crippen LogP contribution in [0.5, 0.6) is 0 Å². The SMILES string of the molecule is CCc1nc2n(n1)CC(NC(=NCC(=O)N(C)C)NC1CCCCC1C)CC2. The second-order valence-electron chi connectivity index (χ2n) is 8.33. The molecule has 2 heterocycles. The largest absolute Gasteiger partial charge is 0.353 e. The number of carbonyl (C=O) groups excluding carboxylic acids is 1. The molecule has 0 bridgehead atoms. The van der Waals surface area contributed by atoms with Gasteiger partial charge in [0.15, 0.2) is 11.8 Å². The number of aryl methyl sites for hydroxylation is 2. The molecule has 2 N–H and O–H groups in total. The molecule has 1 aromatic heterocycles. The lowest BCUT2D eigenvalue weighted by atomic mass is 9.86. The summed E-state index contributed by atoms with van der Waals surface area (Å²) in [5.41, 5.74) is 0. The van der Waals surface area contributed by atoms with Crippen LogP contribution in [0.25, 0.3) is 0 Å². The normalized spacial score (nSPS) is 25.1. The maximum atomic E-state index is 12.0. The van der Waals surface area contributed by atoms with Gasteiger partial charge in [0.25, 0.3) is 0 Å². The standard InChI is InChI=1S/C20H35N7O/c1-5-17-24-18-11-10-15(13-27(18)25-17)22-20(21-12-19(28)26(3)4)23-16-9-7-6-8-14(16)2/h14-16H,5-13H2,1-4H3,(H2,21,22,23). The molecule has 28 heavy (non-hydrogen) atoms. The lowest BCUT2D eigenvalue weighted by Gasteiger charge is -2.33. The highest BCUT2D eigenvalue weighted by atomic mass is 16.2. The third-order valence-electron chi connectivity index (χ3n) is 5.86. The Morgan fingerprint density at radius 2 is 2.04 bits per heavy atom. The van der Waals surface area contributed by atoms with Gasteiger partial charge in [-0.2, -0.15) is 5.10 Å². The Kier molecular flexibility index (Phi) is 6.91. The fourth-order valence-corrected chi connectivity index (χ4v) is 3.95. The molecule has 1 aliphatic carbocycles. The first-order chi connectivity index (χ1) is 13.5. The highest BCUT2D eigenvalue weighted by Gasteiger charge is 2.25. The van der Waals surface area contributed by atoms with Gasteiger partial charge in [-0.15, -0.1) is 0 Å². The Morgan fingerprint density at radius 1 is 1.25 bits per heavy atom. The first-order valence-corrected chi connectivity index (χ1v) is 10.7. The number of likely N-dealkylation sites (N-methyl/N-ethyl adjacent to an activating group) is 1. The Hall–Kier alpha value is -2.12. The molecule has 1 aromatic rings. The Morgan fingerprint density at radius 3 is 2.75 bits per heavy atom. The fraction of sp³-hybridized carbons (Fsp3) is 0.800. The minimum Gasteiger partial charge on any atom is -0.353 e. The first kappa shape index (κ1) is 20.6. The van der Waals surface area contributed by atoms with Gasteiger partial charge in [-0.3, -0.25) is 4.79 Å². The van der Waals surface area contributed by atoms with Gasteiger partial charge in [-0.25, -0.2) is 14.7 Å². The smallest absolute Gasteiger partial charge is 0.243 e. The molecule has 0 aromatic carbocycles. The lowest BCUT2D eigenvalue weighted by molar-refractivity contribution is -0.127. The van der Waals surface area contributed by atoms with Crippen LogP contribution in [0.2, 0.25) is 0 Å². The summed E-state index contributed by atoms with van der Waals surface area (Å²) in [5, 5.41) is 11.8. The molecule has 3 rings (SSSR count). The van der Waals surface area contributed by atoms with Crippen molar-refractivity contribution in [1.29, 1.82) is 0 Å².